The molecule has 7 heteroatoms. The summed E-state index contributed by atoms with van der Waals surface area (Å²) >= 11 is 3.32. The fraction of sp³-hybridized carbons (Fsp3) is 0.579. The molecule has 1 aromatic rings. The van der Waals surface area contributed by atoms with Crippen molar-refractivity contribution in [2.24, 2.45) is 0 Å². The van der Waals surface area contributed by atoms with Crippen LogP contribution in [-0.4, -0.2) is 31.5 Å². The fourth-order valence-corrected chi connectivity index (χ4v) is 2.98. The van der Waals surface area contributed by atoms with Gasteiger partial charge in [0.05, 0.1) is 17.8 Å². The second kappa shape index (κ2) is 8.51. The van der Waals surface area contributed by atoms with Crippen LogP contribution in [0.2, 0.25) is 0 Å². The van der Waals surface area contributed by atoms with E-state index in [4.69, 9.17) is 14.0 Å². The molecule has 1 aromatic carbocycles. The Morgan fingerprint density at radius 1 is 1.15 bits per heavy atom. The highest BCUT2D eigenvalue weighted by Crippen LogP contribution is 2.41. The van der Waals surface area contributed by atoms with Gasteiger partial charge in [-0.05, 0) is 64.3 Å². The van der Waals surface area contributed by atoms with E-state index in [1.807, 2.05) is 34.6 Å². The molecular formula is C19H26BBrF2O3. The van der Waals surface area contributed by atoms with Crippen LogP contribution in [0.3, 0.4) is 0 Å². The molecule has 0 aliphatic carbocycles. The van der Waals surface area contributed by atoms with E-state index >= 15 is 4.39 Å². The van der Waals surface area contributed by atoms with Gasteiger partial charge in [-0.1, -0.05) is 22.9 Å². The van der Waals surface area contributed by atoms with Gasteiger partial charge in [0.25, 0.3) is 0 Å². The summed E-state index contributed by atoms with van der Waals surface area (Å²) in [5.74, 6) is -0.495. The zero-order chi connectivity index (χ0) is 19.5. The van der Waals surface area contributed by atoms with Crippen LogP contribution in [0.25, 0.3) is 5.57 Å². The Hall–Kier alpha value is -0.755. The van der Waals surface area contributed by atoms with Crippen LogP contribution in [0.5, 0.6) is 0 Å². The molecule has 0 unspecified atom stereocenters. The summed E-state index contributed by atoms with van der Waals surface area (Å²) in [6, 6.07) is 4.45. The molecule has 0 radical (unpaired) electrons. The average molecular weight is 431 g/mol. The molecule has 0 aromatic heterocycles. The normalized spacial score (nSPS) is 19.6. The van der Waals surface area contributed by atoms with Crippen LogP contribution in [0.4, 0.5) is 8.78 Å². The topological polar surface area (TPSA) is 27.7 Å². The van der Waals surface area contributed by atoms with Crippen molar-refractivity contribution in [3.05, 3.63) is 39.8 Å². The van der Waals surface area contributed by atoms with Crippen LogP contribution in [-0.2, 0) is 14.0 Å². The second-order valence-corrected chi connectivity index (χ2v) is 8.32. The van der Waals surface area contributed by atoms with Crippen molar-refractivity contribution in [3.8, 4) is 0 Å². The van der Waals surface area contributed by atoms with Crippen molar-refractivity contribution in [1.82, 2.24) is 0 Å². The van der Waals surface area contributed by atoms with Gasteiger partial charge < -0.3 is 14.0 Å². The van der Waals surface area contributed by atoms with Crippen molar-refractivity contribution < 1.29 is 22.8 Å². The third kappa shape index (κ3) is 4.74. The molecule has 1 heterocycles. The quantitative estimate of drug-likeness (QED) is 0.409. The molecule has 1 fully saturated rings. The zero-order valence-corrected chi connectivity index (χ0v) is 17.6. The Kier molecular flexibility index (Phi) is 7.05. The summed E-state index contributed by atoms with van der Waals surface area (Å²) in [7, 11) is -1.17. The summed E-state index contributed by atoms with van der Waals surface area (Å²) in [4.78, 5) is 0. The van der Waals surface area contributed by atoms with Crippen LogP contribution in [0.1, 0.15) is 53.0 Å². The standard InChI is InChI=1S/C19H26BBrF2O3/c1-6-10-24-11-9-14(15-12-13(21)7-8-16(15)22)17(23)20-25-18(2,3)19(4,5)26-20/h7-8,12H,6,9-11H2,1-5H3. The van der Waals surface area contributed by atoms with Gasteiger partial charge in [-0.25, -0.2) is 8.78 Å². The van der Waals surface area contributed by atoms with Gasteiger partial charge in [0.2, 0.25) is 0 Å². The Bertz CT molecular complexity index is 661. The minimum atomic E-state index is -1.17. The Labute approximate surface area is 163 Å². The Morgan fingerprint density at radius 3 is 2.35 bits per heavy atom. The Balaban J connectivity index is 2.39. The van der Waals surface area contributed by atoms with Crippen LogP contribution < -0.4 is 0 Å². The minimum absolute atomic E-state index is 0.187. The number of ether oxygens (including phenoxy) is 1. The van der Waals surface area contributed by atoms with Crippen LogP contribution in [0.15, 0.2) is 28.4 Å². The SMILES string of the molecule is CCCOCCC(=C(F)B1OC(C)(C)C(C)(C)O1)c1cc(Br)ccc1F. The molecule has 0 amide bonds. The molecule has 2 rings (SSSR count). The number of benzene rings is 1. The van der Waals surface area contributed by atoms with E-state index in [1.165, 1.54) is 6.07 Å². The van der Waals surface area contributed by atoms with Crippen molar-refractivity contribution in [3.63, 3.8) is 0 Å². The summed E-state index contributed by atoms with van der Waals surface area (Å²) in [5.41, 5.74) is -1.56. The highest BCUT2D eigenvalue weighted by molar-refractivity contribution is 9.10. The number of halogens is 3. The van der Waals surface area contributed by atoms with Gasteiger partial charge in [-0.15, -0.1) is 0 Å². The summed E-state index contributed by atoms with van der Waals surface area (Å²) in [6.07, 6.45) is 1.09. The third-order valence-electron chi connectivity index (χ3n) is 4.85. The van der Waals surface area contributed by atoms with Crippen molar-refractivity contribution in [1.29, 1.82) is 0 Å². The van der Waals surface area contributed by atoms with E-state index in [0.29, 0.717) is 17.7 Å². The maximum atomic E-state index is 15.4. The predicted octanol–water partition coefficient (Wildman–Crippen LogP) is 5.72. The van der Waals surface area contributed by atoms with E-state index in [0.717, 1.165) is 6.42 Å². The molecule has 3 nitrogen and oxygen atoms in total. The monoisotopic (exact) mass is 430 g/mol. The molecular weight excluding hydrogens is 405 g/mol. The van der Waals surface area contributed by atoms with Gasteiger partial charge in [-0.3, -0.25) is 0 Å². The van der Waals surface area contributed by atoms with Crippen molar-refractivity contribution in [2.75, 3.05) is 13.2 Å². The molecule has 26 heavy (non-hydrogen) atoms. The van der Waals surface area contributed by atoms with E-state index in [-0.39, 0.29) is 17.6 Å². The lowest BCUT2D eigenvalue weighted by molar-refractivity contribution is 0.00578. The van der Waals surface area contributed by atoms with Gasteiger partial charge in [-0.2, -0.15) is 0 Å². The van der Waals surface area contributed by atoms with E-state index < -0.39 is 29.9 Å². The van der Waals surface area contributed by atoms with Crippen molar-refractivity contribution in [2.45, 2.75) is 58.7 Å². The molecule has 1 aliphatic rings. The average Bonchev–Trinajstić information content (AvgIpc) is 2.78. The first-order valence-corrected chi connectivity index (χ1v) is 9.65. The van der Waals surface area contributed by atoms with Gasteiger partial charge in [0.1, 0.15) is 11.5 Å². The lowest BCUT2D eigenvalue weighted by Gasteiger charge is -2.32. The molecule has 0 saturated carbocycles. The van der Waals surface area contributed by atoms with Gasteiger partial charge in [0, 0.05) is 16.6 Å². The van der Waals surface area contributed by atoms with E-state index in [1.54, 1.807) is 12.1 Å². The lowest BCUT2D eigenvalue weighted by atomic mass is 9.81. The Morgan fingerprint density at radius 2 is 1.77 bits per heavy atom. The van der Waals surface area contributed by atoms with E-state index in [9.17, 15) is 4.39 Å². The first-order valence-electron chi connectivity index (χ1n) is 8.86. The van der Waals surface area contributed by atoms with Gasteiger partial charge in [0.15, 0.2) is 0 Å². The highest BCUT2D eigenvalue weighted by atomic mass is 79.9. The zero-order valence-electron chi connectivity index (χ0n) is 16.0. The van der Waals surface area contributed by atoms with Gasteiger partial charge >= 0.3 is 7.12 Å². The highest BCUT2D eigenvalue weighted by Gasteiger charge is 2.53. The van der Waals surface area contributed by atoms with Crippen LogP contribution >= 0.6 is 15.9 Å². The smallest absolute Gasteiger partial charge is 0.398 e. The lowest BCUT2D eigenvalue weighted by Crippen LogP contribution is -2.41. The third-order valence-corrected chi connectivity index (χ3v) is 5.34. The van der Waals surface area contributed by atoms with E-state index in [2.05, 4.69) is 15.9 Å². The second-order valence-electron chi connectivity index (χ2n) is 7.40. The number of hydrogen-bond donors (Lipinski definition) is 0. The maximum absolute atomic E-state index is 15.4. The first kappa shape index (κ1) is 21.5. The largest absolute Gasteiger partial charge is 0.525 e. The molecule has 0 bridgehead atoms. The molecule has 1 saturated heterocycles. The fourth-order valence-electron chi connectivity index (χ4n) is 2.62. The summed E-state index contributed by atoms with van der Waals surface area (Å²) in [6.45, 7) is 10.3. The maximum Gasteiger partial charge on any atom is 0.525 e. The molecule has 0 spiro atoms. The first-order chi connectivity index (χ1) is 12.1. The van der Waals surface area contributed by atoms with Crippen LogP contribution in [0, 0.1) is 5.82 Å². The molecule has 144 valence electrons. The summed E-state index contributed by atoms with van der Waals surface area (Å²) < 4.78 is 47.5. The predicted molar refractivity (Wildman–Crippen MR) is 104 cm³/mol. The molecule has 0 N–H and O–H groups in total. The molecule has 0 atom stereocenters. The molecule has 1 aliphatic heterocycles. The number of hydrogen-bond acceptors (Lipinski definition) is 3. The van der Waals surface area contributed by atoms with Crippen molar-refractivity contribution >= 4 is 28.6 Å². The minimum Gasteiger partial charge on any atom is -0.398 e. The summed E-state index contributed by atoms with van der Waals surface area (Å²) in [5, 5.41) is 0. The number of rotatable bonds is 7.